The van der Waals surface area contributed by atoms with Crippen molar-refractivity contribution in [2.45, 2.75) is 70.9 Å². The molecule has 4 nitrogen and oxygen atoms in total. The van der Waals surface area contributed by atoms with E-state index in [0.29, 0.717) is 25.4 Å². The first-order chi connectivity index (χ1) is 11.7. The highest BCUT2D eigenvalue weighted by molar-refractivity contribution is 5.87. The van der Waals surface area contributed by atoms with E-state index in [4.69, 9.17) is 0 Å². The van der Waals surface area contributed by atoms with Gasteiger partial charge in [-0.05, 0) is 31.2 Å². The summed E-state index contributed by atoms with van der Waals surface area (Å²) in [6, 6.07) is 10.1. The van der Waals surface area contributed by atoms with Crippen LogP contribution >= 0.6 is 0 Å². The van der Waals surface area contributed by atoms with Gasteiger partial charge in [-0.25, -0.2) is 0 Å². The molecule has 0 heterocycles. The molecule has 0 spiro atoms. The van der Waals surface area contributed by atoms with Gasteiger partial charge in [-0.15, -0.1) is 0 Å². The van der Waals surface area contributed by atoms with Crippen molar-refractivity contribution in [2.24, 2.45) is 0 Å². The average molecular weight is 330 g/mol. The van der Waals surface area contributed by atoms with Crippen molar-refractivity contribution in [3.05, 3.63) is 35.9 Å². The van der Waals surface area contributed by atoms with Crippen LogP contribution in [0.4, 0.5) is 0 Å². The summed E-state index contributed by atoms with van der Waals surface area (Å²) in [4.78, 5) is 26.9. The Kier molecular flexibility index (Phi) is 7.29. The summed E-state index contributed by atoms with van der Waals surface area (Å²) in [6.07, 6.45) is 6.36. The average Bonchev–Trinajstić information content (AvgIpc) is 3.11. The summed E-state index contributed by atoms with van der Waals surface area (Å²) in [5, 5.41) is 3.15. The number of benzene rings is 1. The fourth-order valence-corrected chi connectivity index (χ4v) is 3.47. The first-order valence-electron chi connectivity index (χ1n) is 9.29. The van der Waals surface area contributed by atoms with Gasteiger partial charge in [0, 0.05) is 19.0 Å². The Hall–Kier alpha value is -1.84. The third-order valence-corrected chi connectivity index (χ3v) is 4.87. The Morgan fingerprint density at radius 3 is 2.42 bits per heavy atom. The van der Waals surface area contributed by atoms with Gasteiger partial charge in [0.1, 0.15) is 6.04 Å². The minimum atomic E-state index is -0.359. The maximum Gasteiger partial charge on any atom is 0.243 e. The van der Waals surface area contributed by atoms with E-state index >= 15 is 0 Å². The second-order valence-corrected chi connectivity index (χ2v) is 6.59. The van der Waals surface area contributed by atoms with Gasteiger partial charge in [0.05, 0.1) is 0 Å². The molecule has 0 aliphatic heterocycles. The summed E-state index contributed by atoms with van der Waals surface area (Å²) >= 11 is 0. The molecule has 1 aromatic rings. The lowest BCUT2D eigenvalue weighted by molar-refractivity contribution is -0.140. The molecular weight excluding hydrogens is 300 g/mol. The van der Waals surface area contributed by atoms with E-state index in [-0.39, 0.29) is 17.9 Å². The van der Waals surface area contributed by atoms with Gasteiger partial charge in [-0.2, -0.15) is 0 Å². The van der Waals surface area contributed by atoms with Crippen molar-refractivity contribution < 1.29 is 9.59 Å². The molecule has 0 aromatic heterocycles. The van der Waals surface area contributed by atoms with Gasteiger partial charge < -0.3 is 10.2 Å². The maximum absolute atomic E-state index is 12.7. The summed E-state index contributed by atoms with van der Waals surface area (Å²) < 4.78 is 0. The number of nitrogens with zero attached hydrogens (tertiary/aromatic N) is 1. The fourth-order valence-electron chi connectivity index (χ4n) is 3.47. The highest BCUT2D eigenvalue weighted by Gasteiger charge is 2.29. The van der Waals surface area contributed by atoms with Crippen LogP contribution in [0.2, 0.25) is 0 Å². The number of hydrogen-bond acceptors (Lipinski definition) is 2. The van der Waals surface area contributed by atoms with Crippen molar-refractivity contribution in [1.29, 1.82) is 0 Å². The van der Waals surface area contributed by atoms with E-state index in [1.54, 1.807) is 4.90 Å². The molecule has 1 aliphatic rings. The number of rotatable bonds is 8. The van der Waals surface area contributed by atoms with E-state index in [0.717, 1.165) is 19.3 Å². The molecular formula is C20H30N2O2. The zero-order valence-electron chi connectivity index (χ0n) is 15.0. The number of nitrogens with one attached hydrogen (secondary N) is 1. The molecule has 1 N–H and O–H groups in total. The van der Waals surface area contributed by atoms with Crippen molar-refractivity contribution in [2.75, 3.05) is 6.54 Å². The smallest absolute Gasteiger partial charge is 0.243 e. The van der Waals surface area contributed by atoms with E-state index in [2.05, 4.69) is 17.4 Å². The lowest BCUT2D eigenvalue weighted by atomic mass is 10.1. The molecule has 0 saturated heterocycles. The maximum atomic E-state index is 12.7. The molecule has 0 radical (unpaired) electrons. The van der Waals surface area contributed by atoms with Crippen LogP contribution in [-0.2, 0) is 16.0 Å². The van der Waals surface area contributed by atoms with Crippen LogP contribution < -0.4 is 5.32 Å². The molecule has 4 heteroatoms. The third kappa shape index (κ3) is 5.08. The highest BCUT2D eigenvalue weighted by Crippen LogP contribution is 2.18. The topological polar surface area (TPSA) is 49.4 Å². The van der Waals surface area contributed by atoms with Crippen LogP contribution in [0, 0.1) is 0 Å². The molecule has 1 saturated carbocycles. The predicted molar refractivity (Wildman–Crippen MR) is 96.6 cm³/mol. The number of hydrogen-bond donors (Lipinski definition) is 1. The predicted octanol–water partition coefficient (Wildman–Crippen LogP) is 3.31. The van der Waals surface area contributed by atoms with Gasteiger partial charge in [-0.1, -0.05) is 57.0 Å². The van der Waals surface area contributed by atoms with Crippen molar-refractivity contribution in [1.82, 2.24) is 10.2 Å². The van der Waals surface area contributed by atoms with Crippen LogP contribution in [-0.4, -0.2) is 35.3 Å². The third-order valence-electron chi connectivity index (χ3n) is 4.87. The summed E-state index contributed by atoms with van der Waals surface area (Å²) in [6.45, 7) is 4.43. The quantitative estimate of drug-likeness (QED) is 0.795. The number of carbonyl (C=O) groups excluding carboxylic acids is 2. The van der Waals surface area contributed by atoms with E-state index in [1.807, 2.05) is 32.0 Å². The van der Waals surface area contributed by atoms with E-state index < -0.39 is 0 Å². The summed E-state index contributed by atoms with van der Waals surface area (Å²) in [5.41, 5.74) is 1.19. The fraction of sp³-hybridized carbons (Fsp3) is 0.600. The van der Waals surface area contributed by atoms with Gasteiger partial charge >= 0.3 is 0 Å². The molecule has 2 amide bonds. The molecule has 2 rings (SSSR count). The minimum Gasteiger partial charge on any atom is -0.352 e. The van der Waals surface area contributed by atoms with Gasteiger partial charge in [-0.3, -0.25) is 9.59 Å². The van der Waals surface area contributed by atoms with Crippen LogP contribution in [0.25, 0.3) is 0 Å². The van der Waals surface area contributed by atoms with Gasteiger partial charge in [0.15, 0.2) is 0 Å². The van der Waals surface area contributed by atoms with Crippen molar-refractivity contribution >= 4 is 11.8 Å². The Balaban J connectivity index is 2.02. The Morgan fingerprint density at radius 2 is 1.83 bits per heavy atom. The van der Waals surface area contributed by atoms with E-state index in [9.17, 15) is 9.59 Å². The minimum absolute atomic E-state index is 0.0132. The first kappa shape index (κ1) is 18.5. The van der Waals surface area contributed by atoms with Gasteiger partial charge in [0.2, 0.25) is 11.8 Å². The Labute approximate surface area is 145 Å². The lowest BCUT2D eigenvalue weighted by Gasteiger charge is -2.31. The van der Waals surface area contributed by atoms with Crippen LogP contribution in [0.3, 0.4) is 0 Å². The Morgan fingerprint density at radius 1 is 1.17 bits per heavy atom. The van der Waals surface area contributed by atoms with Crippen molar-refractivity contribution in [3.8, 4) is 0 Å². The number of carbonyl (C=O) groups is 2. The molecule has 1 aromatic carbocycles. The molecule has 0 unspecified atom stereocenters. The van der Waals surface area contributed by atoms with Crippen LogP contribution in [0.15, 0.2) is 30.3 Å². The normalized spacial score (nSPS) is 15.9. The largest absolute Gasteiger partial charge is 0.352 e. The SMILES string of the molecule is CCC(=O)N(CCc1ccccc1)[C@@H](CC)C(=O)NC1CCCC1. The first-order valence-corrected chi connectivity index (χ1v) is 9.29. The Bertz CT molecular complexity index is 524. The zero-order chi connectivity index (χ0) is 17.4. The second-order valence-electron chi connectivity index (χ2n) is 6.59. The van der Waals surface area contributed by atoms with E-state index in [1.165, 1.54) is 18.4 Å². The molecule has 24 heavy (non-hydrogen) atoms. The molecule has 1 fully saturated rings. The standard InChI is InChI=1S/C20H30N2O2/c1-3-18(20(24)21-17-12-8-9-13-17)22(19(23)4-2)15-14-16-10-6-5-7-11-16/h5-7,10-11,17-18H,3-4,8-9,12-15H2,1-2H3,(H,21,24)/t18-/m0/s1. The second kappa shape index (κ2) is 9.45. The van der Waals surface area contributed by atoms with Gasteiger partial charge in [0.25, 0.3) is 0 Å². The highest BCUT2D eigenvalue weighted by atomic mass is 16.2. The zero-order valence-corrected chi connectivity index (χ0v) is 15.0. The summed E-state index contributed by atoms with van der Waals surface area (Å²) in [5.74, 6) is 0.0682. The molecule has 132 valence electrons. The summed E-state index contributed by atoms with van der Waals surface area (Å²) in [7, 11) is 0. The van der Waals surface area contributed by atoms with Crippen LogP contribution in [0.5, 0.6) is 0 Å². The van der Waals surface area contributed by atoms with Crippen molar-refractivity contribution in [3.63, 3.8) is 0 Å². The van der Waals surface area contributed by atoms with Crippen LogP contribution in [0.1, 0.15) is 57.9 Å². The number of amides is 2. The molecule has 0 bridgehead atoms. The monoisotopic (exact) mass is 330 g/mol. The molecule has 1 aliphatic carbocycles. The molecule has 1 atom stereocenters. The lowest BCUT2D eigenvalue weighted by Crippen LogP contribution is -2.51.